The molecule has 7 nitrogen and oxygen atoms in total. The zero-order valence-electron chi connectivity index (χ0n) is 15.2. The highest BCUT2D eigenvalue weighted by Gasteiger charge is 2.28. The number of carbonyl (C=O) groups excluding carboxylic acids is 3. The zero-order chi connectivity index (χ0) is 19.4. The first-order chi connectivity index (χ1) is 13.0. The van der Waals surface area contributed by atoms with Crippen LogP contribution in [0.3, 0.4) is 0 Å². The number of likely N-dealkylation sites (tertiary alicyclic amines) is 1. The molecule has 0 bridgehead atoms. The number of methoxy groups -OCH3 is 2. The molecule has 0 atom stereocenters. The van der Waals surface area contributed by atoms with E-state index in [2.05, 4.69) is 5.32 Å². The molecule has 0 aliphatic carbocycles. The van der Waals surface area contributed by atoms with Gasteiger partial charge in [-0.2, -0.15) is 0 Å². The molecular formula is C20H20N2O5. The lowest BCUT2D eigenvalue weighted by Crippen LogP contribution is -2.28. The lowest BCUT2D eigenvalue weighted by atomic mass is 10.1. The maximum atomic E-state index is 12.5. The summed E-state index contributed by atoms with van der Waals surface area (Å²) in [5.41, 5.74) is 1.83. The highest BCUT2D eigenvalue weighted by Crippen LogP contribution is 2.23. The molecule has 1 N–H and O–H groups in total. The predicted octanol–water partition coefficient (Wildman–Crippen LogP) is 2.61. The molecule has 1 saturated heterocycles. The molecule has 7 heteroatoms. The standard InChI is InChI=1S/C20H20N2O5/c1-26-16-9-14(10-17(11-16)27-2)20(25)21-15-5-3-13(4-6-15)12-22-18(23)7-8-19(22)24/h3-6,9-11H,7-8,12H2,1-2H3,(H,21,25). The number of carbonyl (C=O) groups is 3. The number of imide groups is 1. The molecule has 3 rings (SSSR count). The predicted molar refractivity (Wildman–Crippen MR) is 98.7 cm³/mol. The second kappa shape index (κ2) is 7.90. The van der Waals surface area contributed by atoms with E-state index in [0.29, 0.717) is 22.7 Å². The summed E-state index contributed by atoms with van der Waals surface area (Å²) < 4.78 is 10.3. The van der Waals surface area contributed by atoms with E-state index in [1.807, 2.05) is 0 Å². The van der Waals surface area contributed by atoms with Crippen LogP contribution in [0.1, 0.15) is 28.8 Å². The van der Waals surface area contributed by atoms with Crippen LogP contribution in [0.15, 0.2) is 42.5 Å². The van der Waals surface area contributed by atoms with Crippen LogP contribution in [0.5, 0.6) is 11.5 Å². The average Bonchev–Trinajstić information content (AvgIpc) is 3.00. The van der Waals surface area contributed by atoms with Gasteiger partial charge in [-0.05, 0) is 29.8 Å². The molecule has 0 radical (unpaired) electrons. The van der Waals surface area contributed by atoms with E-state index in [-0.39, 0.29) is 37.1 Å². The SMILES string of the molecule is COc1cc(OC)cc(C(=O)Nc2ccc(CN3C(=O)CCC3=O)cc2)c1. The van der Waals surface area contributed by atoms with Crippen molar-refractivity contribution in [2.24, 2.45) is 0 Å². The van der Waals surface area contributed by atoms with Crippen LogP contribution < -0.4 is 14.8 Å². The van der Waals surface area contributed by atoms with Gasteiger partial charge in [0.1, 0.15) is 11.5 Å². The van der Waals surface area contributed by atoms with Gasteiger partial charge in [0.15, 0.2) is 0 Å². The van der Waals surface area contributed by atoms with Crippen LogP contribution in [0.2, 0.25) is 0 Å². The van der Waals surface area contributed by atoms with Gasteiger partial charge in [-0.15, -0.1) is 0 Å². The summed E-state index contributed by atoms with van der Waals surface area (Å²) in [6.07, 6.45) is 0.550. The third-order valence-electron chi connectivity index (χ3n) is 4.32. The number of anilines is 1. The minimum atomic E-state index is -0.301. The first kappa shape index (κ1) is 18.4. The Labute approximate surface area is 156 Å². The van der Waals surface area contributed by atoms with Crippen LogP contribution in [0, 0.1) is 0 Å². The highest BCUT2D eigenvalue weighted by atomic mass is 16.5. The summed E-state index contributed by atoms with van der Waals surface area (Å²) in [4.78, 5) is 37.1. The molecule has 0 spiro atoms. The number of amides is 3. The fourth-order valence-electron chi connectivity index (χ4n) is 2.82. The van der Waals surface area contributed by atoms with Crippen LogP contribution >= 0.6 is 0 Å². The Balaban J connectivity index is 1.68. The van der Waals surface area contributed by atoms with Gasteiger partial charge in [0.25, 0.3) is 5.91 Å². The summed E-state index contributed by atoms with van der Waals surface area (Å²) >= 11 is 0. The number of ether oxygens (including phenoxy) is 2. The van der Waals surface area contributed by atoms with Gasteiger partial charge >= 0.3 is 0 Å². The average molecular weight is 368 g/mol. The fourth-order valence-corrected chi connectivity index (χ4v) is 2.82. The first-order valence-corrected chi connectivity index (χ1v) is 8.46. The van der Waals surface area contributed by atoms with Gasteiger partial charge in [-0.1, -0.05) is 12.1 Å². The molecule has 1 heterocycles. The molecule has 3 amide bonds. The van der Waals surface area contributed by atoms with E-state index < -0.39 is 0 Å². The van der Waals surface area contributed by atoms with Gasteiger partial charge in [-0.25, -0.2) is 0 Å². The Morgan fingerprint density at radius 1 is 0.963 bits per heavy atom. The molecule has 140 valence electrons. The van der Waals surface area contributed by atoms with Gasteiger partial charge in [0, 0.05) is 30.2 Å². The third kappa shape index (κ3) is 4.25. The van der Waals surface area contributed by atoms with Crippen molar-refractivity contribution in [1.82, 2.24) is 4.90 Å². The number of benzene rings is 2. The number of nitrogens with zero attached hydrogens (tertiary/aromatic N) is 1. The maximum Gasteiger partial charge on any atom is 0.255 e. The van der Waals surface area contributed by atoms with E-state index in [0.717, 1.165) is 5.56 Å². The number of hydrogen-bond acceptors (Lipinski definition) is 5. The molecule has 27 heavy (non-hydrogen) atoms. The second-order valence-corrected chi connectivity index (χ2v) is 6.13. The maximum absolute atomic E-state index is 12.5. The smallest absolute Gasteiger partial charge is 0.255 e. The summed E-state index contributed by atoms with van der Waals surface area (Å²) in [5.74, 6) is 0.447. The van der Waals surface area contributed by atoms with Gasteiger partial charge < -0.3 is 14.8 Å². The van der Waals surface area contributed by atoms with Crippen LogP contribution in [-0.4, -0.2) is 36.8 Å². The molecule has 0 saturated carbocycles. The van der Waals surface area contributed by atoms with Crippen LogP contribution in [0.25, 0.3) is 0 Å². The molecule has 2 aromatic carbocycles. The molecule has 1 aliphatic heterocycles. The zero-order valence-corrected chi connectivity index (χ0v) is 15.2. The Morgan fingerprint density at radius 3 is 2.04 bits per heavy atom. The van der Waals surface area contributed by atoms with Crippen molar-refractivity contribution in [3.05, 3.63) is 53.6 Å². The van der Waals surface area contributed by atoms with Crippen molar-refractivity contribution in [1.29, 1.82) is 0 Å². The Hall–Kier alpha value is -3.35. The van der Waals surface area contributed by atoms with E-state index in [9.17, 15) is 14.4 Å². The van der Waals surface area contributed by atoms with Crippen molar-refractivity contribution in [2.45, 2.75) is 19.4 Å². The first-order valence-electron chi connectivity index (χ1n) is 8.46. The normalized spacial score (nSPS) is 13.6. The molecule has 1 aliphatic rings. The number of nitrogens with one attached hydrogen (secondary N) is 1. The van der Waals surface area contributed by atoms with Crippen molar-refractivity contribution in [3.8, 4) is 11.5 Å². The molecular weight excluding hydrogens is 348 g/mol. The number of hydrogen-bond donors (Lipinski definition) is 1. The summed E-state index contributed by atoms with van der Waals surface area (Å²) in [6.45, 7) is 0.249. The minimum absolute atomic E-state index is 0.149. The lowest BCUT2D eigenvalue weighted by Gasteiger charge is -2.14. The van der Waals surface area contributed by atoms with E-state index in [1.54, 1.807) is 42.5 Å². The molecule has 0 unspecified atom stereocenters. The van der Waals surface area contributed by atoms with Gasteiger partial charge in [0.05, 0.1) is 20.8 Å². The summed E-state index contributed by atoms with van der Waals surface area (Å²) in [5, 5.41) is 2.80. The number of rotatable bonds is 6. The topological polar surface area (TPSA) is 84.9 Å². The van der Waals surface area contributed by atoms with E-state index >= 15 is 0 Å². The lowest BCUT2D eigenvalue weighted by molar-refractivity contribution is -0.139. The highest BCUT2D eigenvalue weighted by molar-refractivity contribution is 6.05. The van der Waals surface area contributed by atoms with Crippen molar-refractivity contribution < 1.29 is 23.9 Å². The monoisotopic (exact) mass is 368 g/mol. The third-order valence-corrected chi connectivity index (χ3v) is 4.32. The summed E-state index contributed by atoms with van der Waals surface area (Å²) in [6, 6.07) is 12.0. The van der Waals surface area contributed by atoms with Crippen LogP contribution in [-0.2, 0) is 16.1 Å². The Bertz CT molecular complexity index is 838. The fraction of sp³-hybridized carbons (Fsp3) is 0.250. The second-order valence-electron chi connectivity index (χ2n) is 6.13. The molecule has 2 aromatic rings. The van der Waals surface area contributed by atoms with E-state index in [4.69, 9.17) is 9.47 Å². The largest absolute Gasteiger partial charge is 0.497 e. The Morgan fingerprint density at radius 2 is 1.52 bits per heavy atom. The van der Waals surface area contributed by atoms with Crippen LogP contribution in [0.4, 0.5) is 5.69 Å². The van der Waals surface area contributed by atoms with Crippen molar-refractivity contribution in [3.63, 3.8) is 0 Å². The molecule has 1 fully saturated rings. The summed E-state index contributed by atoms with van der Waals surface area (Å²) in [7, 11) is 3.04. The van der Waals surface area contributed by atoms with Gasteiger partial charge in [0.2, 0.25) is 11.8 Å². The van der Waals surface area contributed by atoms with E-state index in [1.165, 1.54) is 19.1 Å². The molecule has 0 aromatic heterocycles. The van der Waals surface area contributed by atoms with Crippen molar-refractivity contribution >= 4 is 23.4 Å². The van der Waals surface area contributed by atoms with Crippen molar-refractivity contribution in [2.75, 3.05) is 19.5 Å². The van der Waals surface area contributed by atoms with Gasteiger partial charge in [-0.3, -0.25) is 19.3 Å². The Kier molecular flexibility index (Phi) is 5.40. The quantitative estimate of drug-likeness (QED) is 0.792. The minimum Gasteiger partial charge on any atom is -0.497 e.